The van der Waals surface area contributed by atoms with E-state index in [0.29, 0.717) is 11.5 Å². The van der Waals surface area contributed by atoms with Crippen molar-refractivity contribution in [2.75, 3.05) is 5.32 Å². The number of nitrogens with zero attached hydrogens (tertiary/aromatic N) is 4. The molecule has 0 bridgehead atoms. The average molecular weight is 274 g/mol. The summed E-state index contributed by atoms with van der Waals surface area (Å²) >= 11 is 0. The Bertz CT molecular complexity index is 606. The number of carbonyl (C=O) groups excluding carboxylic acids is 1. The second-order valence-electron chi connectivity index (χ2n) is 4.97. The lowest BCUT2D eigenvalue weighted by molar-refractivity contribution is -0.118. The zero-order chi connectivity index (χ0) is 14.7. The van der Waals surface area contributed by atoms with E-state index in [-0.39, 0.29) is 11.8 Å². The molecule has 3 N–H and O–H groups in total. The molecule has 0 fully saturated rings. The molecule has 1 atom stereocenters. The van der Waals surface area contributed by atoms with Crippen LogP contribution in [0.4, 0.5) is 5.69 Å². The SMILES string of the molecule is CC(C)[C@H](N)C(=O)Nc1cccc(-c2nnnn2C)c1. The Morgan fingerprint density at radius 2 is 2.15 bits per heavy atom. The van der Waals surface area contributed by atoms with Crippen molar-refractivity contribution in [1.29, 1.82) is 0 Å². The Hall–Kier alpha value is -2.28. The molecular weight excluding hydrogens is 256 g/mol. The normalized spacial score (nSPS) is 12.4. The van der Waals surface area contributed by atoms with Crippen LogP contribution >= 0.6 is 0 Å². The molecule has 7 heteroatoms. The third-order valence-corrected chi connectivity index (χ3v) is 3.03. The van der Waals surface area contributed by atoms with Gasteiger partial charge in [-0.15, -0.1) is 5.10 Å². The highest BCUT2D eigenvalue weighted by Gasteiger charge is 2.17. The maximum atomic E-state index is 11.9. The fourth-order valence-corrected chi connectivity index (χ4v) is 1.74. The topological polar surface area (TPSA) is 98.7 Å². The van der Waals surface area contributed by atoms with E-state index in [4.69, 9.17) is 5.73 Å². The van der Waals surface area contributed by atoms with E-state index in [1.54, 1.807) is 17.8 Å². The largest absolute Gasteiger partial charge is 0.325 e. The molecule has 0 saturated carbocycles. The Labute approximate surface area is 117 Å². The molecule has 1 amide bonds. The summed E-state index contributed by atoms with van der Waals surface area (Å²) in [5.41, 5.74) is 7.32. The zero-order valence-electron chi connectivity index (χ0n) is 11.7. The van der Waals surface area contributed by atoms with Crippen molar-refractivity contribution in [3.05, 3.63) is 24.3 Å². The van der Waals surface area contributed by atoms with E-state index >= 15 is 0 Å². The number of aromatic nitrogens is 4. The van der Waals surface area contributed by atoms with Gasteiger partial charge in [0, 0.05) is 18.3 Å². The molecule has 0 saturated heterocycles. The first-order valence-electron chi connectivity index (χ1n) is 6.38. The van der Waals surface area contributed by atoms with Gasteiger partial charge in [-0.3, -0.25) is 4.79 Å². The maximum Gasteiger partial charge on any atom is 0.241 e. The second kappa shape index (κ2) is 5.79. The van der Waals surface area contributed by atoms with Gasteiger partial charge in [0.25, 0.3) is 0 Å². The summed E-state index contributed by atoms with van der Waals surface area (Å²) in [5.74, 6) is 0.517. The summed E-state index contributed by atoms with van der Waals surface area (Å²) in [6.07, 6.45) is 0. The van der Waals surface area contributed by atoms with Crippen molar-refractivity contribution < 1.29 is 4.79 Å². The van der Waals surface area contributed by atoms with Crippen LogP contribution in [0.1, 0.15) is 13.8 Å². The lowest BCUT2D eigenvalue weighted by Gasteiger charge is -2.15. The molecule has 2 aromatic rings. The molecular formula is C13H18N6O. The van der Waals surface area contributed by atoms with E-state index < -0.39 is 6.04 Å². The third kappa shape index (κ3) is 3.00. The van der Waals surface area contributed by atoms with Crippen LogP contribution in [0.25, 0.3) is 11.4 Å². The lowest BCUT2D eigenvalue weighted by atomic mass is 10.0. The Kier molecular flexibility index (Phi) is 4.09. The minimum Gasteiger partial charge on any atom is -0.325 e. The van der Waals surface area contributed by atoms with Crippen LogP contribution < -0.4 is 11.1 Å². The summed E-state index contributed by atoms with van der Waals surface area (Å²) in [7, 11) is 1.76. The predicted octanol–water partition coefficient (Wildman–Crippen LogP) is 0.799. The van der Waals surface area contributed by atoms with Crippen LogP contribution in [-0.4, -0.2) is 32.2 Å². The van der Waals surface area contributed by atoms with Gasteiger partial charge in [0.1, 0.15) is 0 Å². The highest BCUT2D eigenvalue weighted by Crippen LogP contribution is 2.19. The van der Waals surface area contributed by atoms with Gasteiger partial charge in [0.2, 0.25) is 5.91 Å². The Morgan fingerprint density at radius 1 is 1.40 bits per heavy atom. The highest BCUT2D eigenvalue weighted by molar-refractivity contribution is 5.95. The molecule has 7 nitrogen and oxygen atoms in total. The fraction of sp³-hybridized carbons (Fsp3) is 0.385. The third-order valence-electron chi connectivity index (χ3n) is 3.03. The smallest absolute Gasteiger partial charge is 0.241 e. The molecule has 106 valence electrons. The van der Waals surface area contributed by atoms with Gasteiger partial charge in [-0.25, -0.2) is 4.68 Å². The summed E-state index contributed by atoms with van der Waals surface area (Å²) in [6.45, 7) is 3.82. The fourth-order valence-electron chi connectivity index (χ4n) is 1.74. The van der Waals surface area contributed by atoms with Crippen LogP contribution in [0, 0.1) is 5.92 Å². The summed E-state index contributed by atoms with van der Waals surface area (Å²) in [4.78, 5) is 11.9. The van der Waals surface area contributed by atoms with Crippen LogP contribution in [0.15, 0.2) is 24.3 Å². The van der Waals surface area contributed by atoms with Gasteiger partial charge in [0.05, 0.1) is 6.04 Å². The molecule has 0 aliphatic carbocycles. The van der Waals surface area contributed by atoms with Gasteiger partial charge in [-0.1, -0.05) is 26.0 Å². The van der Waals surface area contributed by atoms with Crippen molar-refractivity contribution in [3.8, 4) is 11.4 Å². The van der Waals surface area contributed by atoms with Crippen LogP contribution in [0.5, 0.6) is 0 Å². The second-order valence-corrected chi connectivity index (χ2v) is 4.97. The van der Waals surface area contributed by atoms with E-state index in [0.717, 1.165) is 5.56 Å². The molecule has 0 aliphatic heterocycles. The van der Waals surface area contributed by atoms with Gasteiger partial charge in [0.15, 0.2) is 5.82 Å². The zero-order valence-corrected chi connectivity index (χ0v) is 11.7. The maximum absolute atomic E-state index is 11.9. The molecule has 0 spiro atoms. The number of nitrogens with one attached hydrogen (secondary N) is 1. The molecule has 1 heterocycles. The van der Waals surface area contributed by atoms with E-state index in [1.165, 1.54) is 0 Å². The molecule has 0 unspecified atom stereocenters. The minimum absolute atomic E-state index is 0.0844. The number of benzene rings is 1. The number of aryl methyl sites for hydroxylation is 1. The molecule has 1 aromatic heterocycles. The lowest BCUT2D eigenvalue weighted by Crippen LogP contribution is -2.39. The first kappa shape index (κ1) is 14.1. The Balaban J connectivity index is 2.19. The van der Waals surface area contributed by atoms with Crippen molar-refractivity contribution >= 4 is 11.6 Å². The highest BCUT2D eigenvalue weighted by atomic mass is 16.2. The first-order valence-corrected chi connectivity index (χ1v) is 6.38. The number of carbonyl (C=O) groups is 1. The minimum atomic E-state index is -0.532. The van der Waals surface area contributed by atoms with Gasteiger partial charge in [-0.2, -0.15) is 0 Å². The molecule has 20 heavy (non-hydrogen) atoms. The summed E-state index contributed by atoms with van der Waals surface area (Å²) in [6, 6.07) is 6.80. The van der Waals surface area contributed by atoms with E-state index in [9.17, 15) is 4.79 Å². The molecule has 0 aliphatic rings. The standard InChI is InChI=1S/C13H18N6O/c1-8(2)11(14)13(20)15-10-6-4-5-9(7-10)12-16-17-18-19(12)3/h4-8,11H,14H2,1-3H3,(H,15,20)/t11-/m0/s1. The first-order chi connectivity index (χ1) is 9.49. The summed E-state index contributed by atoms with van der Waals surface area (Å²) < 4.78 is 1.57. The Morgan fingerprint density at radius 3 is 2.75 bits per heavy atom. The van der Waals surface area contributed by atoms with Crippen LogP contribution in [0.3, 0.4) is 0 Å². The number of hydrogen-bond acceptors (Lipinski definition) is 5. The number of tetrazole rings is 1. The average Bonchev–Trinajstić information content (AvgIpc) is 2.84. The van der Waals surface area contributed by atoms with Crippen LogP contribution in [0.2, 0.25) is 0 Å². The van der Waals surface area contributed by atoms with Crippen molar-refractivity contribution in [2.24, 2.45) is 18.7 Å². The van der Waals surface area contributed by atoms with Crippen molar-refractivity contribution in [2.45, 2.75) is 19.9 Å². The van der Waals surface area contributed by atoms with E-state index in [2.05, 4.69) is 20.8 Å². The monoisotopic (exact) mass is 274 g/mol. The number of amides is 1. The predicted molar refractivity (Wildman–Crippen MR) is 75.7 cm³/mol. The molecule has 1 aromatic carbocycles. The number of nitrogens with two attached hydrogens (primary N) is 1. The van der Waals surface area contributed by atoms with Gasteiger partial charge in [-0.05, 0) is 28.5 Å². The number of hydrogen-bond donors (Lipinski definition) is 2. The van der Waals surface area contributed by atoms with Crippen LogP contribution in [-0.2, 0) is 11.8 Å². The number of anilines is 1. The molecule has 0 radical (unpaired) electrons. The van der Waals surface area contributed by atoms with Gasteiger partial charge < -0.3 is 11.1 Å². The quantitative estimate of drug-likeness (QED) is 0.859. The van der Waals surface area contributed by atoms with Crippen molar-refractivity contribution in [1.82, 2.24) is 20.2 Å². The number of rotatable bonds is 4. The van der Waals surface area contributed by atoms with E-state index in [1.807, 2.05) is 32.0 Å². The van der Waals surface area contributed by atoms with Gasteiger partial charge >= 0.3 is 0 Å². The van der Waals surface area contributed by atoms with Crippen molar-refractivity contribution in [3.63, 3.8) is 0 Å². The molecule has 2 rings (SSSR count). The summed E-state index contributed by atoms with van der Waals surface area (Å²) in [5, 5.41) is 14.1.